The van der Waals surface area contributed by atoms with Crippen LogP contribution in [-0.2, 0) is 4.79 Å². The molecule has 3 amide bonds. The average Bonchev–Trinajstić information content (AvgIpc) is 2.84. The lowest BCUT2D eigenvalue weighted by Gasteiger charge is -2.37. The van der Waals surface area contributed by atoms with Gasteiger partial charge in [-0.2, -0.15) is 0 Å². The van der Waals surface area contributed by atoms with Crippen molar-refractivity contribution in [2.75, 3.05) is 30.8 Å². The van der Waals surface area contributed by atoms with Crippen LogP contribution in [0.2, 0.25) is 5.02 Å². The molecule has 1 aliphatic rings. The number of nitrogens with one attached hydrogen (secondary N) is 2. The van der Waals surface area contributed by atoms with E-state index in [0.29, 0.717) is 41.7 Å². The zero-order valence-corrected chi connectivity index (χ0v) is 19.1. The van der Waals surface area contributed by atoms with E-state index in [-0.39, 0.29) is 23.8 Å². The lowest BCUT2D eigenvalue weighted by Crippen LogP contribution is -2.48. The lowest BCUT2D eigenvalue weighted by molar-refractivity contribution is -0.121. The molecule has 33 heavy (non-hydrogen) atoms. The van der Waals surface area contributed by atoms with Gasteiger partial charge in [0.2, 0.25) is 5.91 Å². The Kier molecular flexibility index (Phi) is 7.15. The largest absolute Gasteiger partial charge is 0.495 e. The number of rotatable bonds is 5. The first-order valence-electron chi connectivity index (χ1n) is 10.8. The molecule has 7 heteroatoms. The average molecular weight is 464 g/mol. The van der Waals surface area contributed by atoms with E-state index in [1.54, 1.807) is 48.4 Å². The van der Waals surface area contributed by atoms with Crippen molar-refractivity contribution in [2.45, 2.75) is 12.3 Å². The number of halogens is 1. The second-order valence-corrected chi connectivity index (χ2v) is 8.51. The van der Waals surface area contributed by atoms with Crippen LogP contribution in [0.3, 0.4) is 0 Å². The van der Waals surface area contributed by atoms with Gasteiger partial charge >= 0.3 is 6.03 Å². The molecule has 4 rings (SSSR count). The van der Waals surface area contributed by atoms with Crippen LogP contribution in [0.15, 0.2) is 78.9 Å². The fraction of sp³-hybridized carbons (Fsp3) is 0.231. The van der Waals surface area contributed by atoms with Gasteiger partial charge in [0.15, 0.2) is 0 Å². The van der Waals surface area contributed by atoms with Gasteiger partial charge in [0.1, 0.15) is 5.75 Å². The Labute approximate surface area is 198 Å². The molecule has 0 spiro atoms. The molecule has 3 aromatic carbocycles. The van der Waals surface area contributed by atoms with Gasteiger partial charge < -0.3 is 20.3 Å². The molecule has 1 heterocycles. The Balaban J connectivity index is 1.54. The predicted octanol–water partition coefficient (Wildman–Crippen LogP) is 5.62. The Hall–Kier alpha value is -3.51. The summed E-state index contributed by atoms with van der Waals surface area (Å²) in [6, 6.07) is 24.0. The van der Waals surface area contributed by atoms with Gasteiger partial charge in [-0.15, -0.1) is 0 Å². The Morgan fingerprint density at radius 3 is 2.45 bits per heavy atom. The molecule has 0 bridgehead atoms. The number of hydrogen-bond acceptors (Lipinski definition) is 3. The van der Waals surface area contributed by atoms with Gasteiger partial charge in [0.25, 0.3) is 0 Å². The number of urea groups is 1. The highest BCUT2D eigenvalue weighted by Crippen LogP contribution is 2.32. The quantitative estimate of drug-likeness (QED) is 0.515. The Bertz CT molecular complexity index is 1120. The van der Waals surface area contributed by atoms with Crippen LogP contribution in [0.4, 0.5) is 16.2 Å². The van der Waals surface area contributed by atoms with Crippen molar-refractivity contribution >= 4 is 34.9 Å². The maximum atomic E-state index is 13.2. The van der Waals surface area contributed by atoms with Crippen LogP contribution in [0.25, 0.3) is 0 Å². The number of nitrogens with zero attached hydrogens (tertiary/aromatic N) is 1. The van der Waals surface area contributed by atoms with E-state index < -0.39 is 0 Å². The third-order valence-electron chi connectivity index (χ3n) is 5.82. The molecule has 170 valence electrons. The first kappa shape index (κ1) is 22.7. The van der Waals surface area contributed by atoms with Crippen molar-refractivity contribution in [3.8, 4) is 5.75 Å². The van der Waals surface area contributed by atoms with Crippen LogP contribution >= 0.6 is 11.6 Å². The first-order chi connectivity index (χ1) is 16.0. The summed E-state index contributed by atoms with van der Waals surface area (Å²) < 4.78 is 5.35. The van der Waals surface area contributed by atoms with Crippen molar-refractivity contribution in [1.82, 2.24) is 4.90 Å². The second-order valence-electron chi connectivity index (χ2n) is 8.08. The molecule has 0 radical (unpaired) electrons. The number of benzene rings is 3. The Morgan fingerprint density at radius 1 is 0.939 bits per heavy atom. The molecule has 0 aliphatic carbocycles. The third kappa shape index (κ3) is 5.65. The number of carbonyl (C=O) groups is 2. The number of ether oxygens (including phenoxy) is 1. The minimum atomic E-state index is -0.369. The minimum absolute atomic E-state index is 0.0403. The second kappa shape index (κ2) is 10.4. The zero-order chi connectivity index (χ0) is 23.2. The van der Waals surface area contributed by atoms with Crippen LogP contribution in [0.5, 0.6) is 5.75 Å². The van der Waals surface area contributed by atoms with Gasteiger partial charge in [-0.25, -0.2) is 4.79 Å². The van der Waals surface area contributed by atoms with E-state index in [4.69, 9.17) is 16.3 Å². The molecule has 0 aromatic heterocycles. The zero-order valence-electron chi connectivity index (χ0n) is 18.3. The summed E-state index contributed by atoms with van der Waals surface area (Å²) in [6.45, 7) is 0.836. The predicted molar refractivity (Wildman–Crippen MR) is 131 cm³/mol. The van der Waals surface area contributed by atoms with Crippen LogP contribution in [0, 0.1) is 5.92 Å². The standard InChI is InChI=1S/C26H26ClN3O3/c1-33-24-13-6-5-12-23(24)29-26(32)30-16-19(18-8-3-2-4-9-18)14-20(17-30)25(31)28-22-11-7-10-21(27)15-22/h2-13,15,19-20H,14,16-17H2,1H3,(H,28,31)(H,29,32)/t19-,20-/m1/s1. The van der Waals surface area contributed by atoms with Crippen LogP contribution in [-0.4, -0.2) is 37.0 Å². The number of para-hydroxylation sites is 2. The molecule has 2 atom stereocenters. The van der Waals surface area contributed by atoms with Gasteiger partial charge in [-0.3, -0.25) is 4.79 Å². The van der Waals surface area contributed by atoms with Gasteiger partial charge in [0.05, 0.1) is 18.7 Å². The maximum Gasteiger partial charge on any atom is 0.321 e. The molecule has 2 N–H and O–H groups in total. The van der Waals surface area contributed by atoms with Gasteiger partial charge in [0, 0.05) is 29.7 Å². The number of amides is 3. The lowest BCUT2D eigenvalue weighted by atomic mass is 9.84. The molecule has 1 aliphatic heterocycles. The molecule has 6 nitrogen and oxygen atoms in total. The van der Waals surface area contributed by atoms with Crippen LogP contribution < -0.4 is 15.4 Å². The topological polar surface area (TPSA) is 70.7 Å². The Morgan fingerprint density at radius 2 is 1.70 bits per heavy atom. The molecule has 0 saturated carbocycles. The van der Waals surface area contributed by atoms with E-state index in [2.05, 4.69) is 10.6 Å². The highest BCUT2D eigenvalue weighted by Gasteiger charge is 2.35. The number of likely N-dealkylation sites (tertiary alicyclic amines) is 1. The van der Waals surface area contributed by atoms with Gasteiger partial charge in [-0.1, -0.05) is 60.1 Å². The summed E-state index contributed by atoms with van der Waals surface area (Å²) in [7, 11) is 1.56. The highest BCUT2D eigenvalue weighted by atomic mass is 35.5. The van der Waals surface area contributed by atoms with Crippen molar-refractivity contribution in [1.29, 1.82) is 0 Å². The van der Waals surface area contributed by atoms with Crippen molar-refractivity contribution < 1.29 is 14.3 Å². The summed E-state index contributed by atoms with van der Waals surface area (Å²) in [6.07, 6.45) is 0.648. The van der Waals surface area contributed by atoms with E-state index in [9.17, 15) is 9.59 Å². The molecular weight excluding hydrogens is 438 g/mol. The summed E-state index contributed by atoms with van der Waals surface area (Å²) in [5.74, 6) is 0.121. The van der Waals surface area contributed by atoms with E-state index in [0.717, 1.165) is 5.56 Å². The SMILES string of the molecule is COc1ccccc1NC(=O)N1C[C@H](C(=O)Nc2cccc(Cl)c2)C[C@@H](c2ccccc2)C1. The van der Waals surface area contributed by atoms with Crippen molar-refractivity contribution in [3.63, 3.8) is 0 Å². The molecule has 1 saturated heterocycles. The third-order valence-corrected chi connectivity index (χ3v) is 6.06. The smallest absolute Gasteiger partial charge is 0.321 e. The van der Waals surface area contributed by atoms with E-state index in [1.165, 1.54) is 0 Å². The molecule has 0 unspecified atom stereocenters. The van der Waals surface area contributed by atoms with Gasteiger partial charge in [-0.05, 0) is 42.3 Å². The minimum Gasteiger partial charge on any atom is -0.495 e. The highest BCUT2D eigenvalue weighted by molar-refractivity contribution is 6.30. The summed E-state index contributed by atoms with van der Waals surface area (Å²) in [5, 5.41) is 6.44. The monoisotopic (exact) mass is 463 g/mol. The first-order valence-corrected chi connectivity index (χ1v) is 11.2. The van der Waals surface area contributed by atoms with Crippen molar-refractivity contribution in [2.24, 2.45) is 5.92 Å². The molecular formula is C26H26ClN3O3. The molecule has 1 fully saturated rings. The van der Waals surface area contributed by atoms with Crippen molar-refractivity contribution in [3.05, 3.63) is 89.4 Å². The fourth-order valence-electron chi connectivity index (χ4n) is 4.17. The summed E-state index contributed by atoms with van der Waals surface area (Å²) in [5.41, 5.74) is 2.33. The normalized spacial score (nSPS) is 17.8. The summed E-state index contributed by atoms with van der Waals surface area (Å²) in [4.78, 5) is 28.0. The summed E-state index contributed by atoms with van der Waals surface area (Å²) >= 11 is 6.06. The maximum absolute atomic E-state index is 13.2. The van der Waals surface area contributed by atoms with E-state index >= 15 is 0 Å². The number of anilines is 2. The number of methoxy groups -OCH3 is 1. The molecule has 3 aromatic rings. The number of carbonyl (C=O) groups excluding carboxylic acids is 2. The van der Waals surface area contributed by atoms with Crippen LogP contribution in [0.1, 0.15) is 17.9 Å². The fourth-order valence-corrected chi connectivity index (χ4v) is 4.36. The number of hydrogen-bond donors (Lipinski definition) is 2. The number of piperidine rings is 1. The van der Waals surface area contributed by atoms with E-state index in [1.807, 2.05) is 42.5 Å².